The number of benzene rings is 1. The van der Waals surface area contributed by atoms with Crippen LogP contribution >= 0.6 is 11.6 Å². The molecule has 0 radical (unpaired) electrons. The molecule has 0 amide bonds. The molecular weight excluding hydrogens is 263 g/mol. The van der Waals surface area contributed by atoms with Gasteiger partial charge in [-0.3, -0.25) is 0 Å². The van der Waals surface area contributed by atoms with Crippen LogP contribution in [0.3, 0.4) is 0 Å². The molecule has 0 aliphatic heterocycles. The summed E-state index contributed by atoms with van der Waals surface area (Å²) in [5, 5.41) is 15.8. The maximum Gasteiger partial charge on any atom is 0.362 e. The molecule has 0 atom stereocenters. The first kappa shape index (κ1) is 14.1. The molecule has 0 saturated carbocycles. The number of aliphatic hydroxyl groups excluding tert-OH is 1. The van der Waals surface area contributed by atoms with Crippen molar-refractivity contribution in [2.24, 2.45) is 10.2 Å². The molecule has 7 heteroatoms. The molecule has 96 valence electrons. The minimum atomic E-state index is -0.808. The van der Waals surface area contributed by atoms with Crippen LogP contribution in [0.1, 0.15) is 6.92 Å². The summed E-state index contributed by atoms with van der Waals surface area (Å²) in [5.41, 5.74) is -0.123. The smallest absolute Gasteiger partial charge is 0.362 e. The second-order valence-corrected chi connectivity index (χ2v) is 3.44. The Morgan fingerprint density at radius 3 is 2.89 bits per heavy atom. The highest BCUT2D eigenvalue weighted by Crippen LogP contribution is 2.22. The molecule has 0 aromatic heterocycles. The number of halogens is 2. The van der Waals surface area contributed by atoms with Crippen molar-refractivity contribution in [2.75, 3.05) is 6.61 Å². The average Bonchev–Trinajstić information content (AvgIpc) is 2.34. The van der Waals surface area contributed by atoms with Gasteiger partial charge >= 0.3 is 5.97 Å². The van der Waals surface area contributed by atoms with Gasteiger partial charge in [0.1, 0.15) is 12.1 Å². The Hall–Kier alpha value is -1.95. The van der Waals surface area contributed by atoms with Crippen LogP contribution in [0.5, 0.6) is 0 Å². The lowest BCUT2D eigenvalue weighted by molar-refractivity contribution is -0.138. The Morgan fingerprint density at radius 1 is 1.61 bits per heavy atom. The van der Waals surface area contributed by atoms with Gasteiger partial charge in [-0.2, -0.15) is 5.11 Å². The molecule has 1 aromatic carbocycles. The molecule has 1 aromatic rings. The van der Waals surface area contributed by atoms with Gasteiger partial charge in [-0.1, -0.05) is 11.6 Å². The van der Waals surface area contributed by atoms with Crippen LogP contribution in [0.25, 0.3) is 0 Å². The van der Waals surface area contributed by atoms with Gasteiger partial charge in [0, 0.05) is 0 Å². The van der Waals surface area contributed by atoms with Crippen molar-refractivity contribution in [1.29, 1.82) is 0 Å². The Balaban J connectivity index is 2.84. The van der Waals surface area contributed by atoms with Gasteiger partial charge in [0.15, 0.2) is 0 Å². The van der Waals surface area contributed by atoms with Crippen molar-refractivity contribution in [3.63, 3.8) is 0 Å². The number of ether oxygens (including phenoxy) is 1. The highest BCUT2D eigenvalue weighted by Gasteiger charge is 2.09. The van der Waals surface area contributed by atoms with Crippen LogP contribution < -0.4 is 0 Å². The zero-order valence-corrected chi connectivity index (χ0v) is 10.2. The molecule has 5 nitrogen and oxygen atoms in total. The molecule has 1 rings (SSSR count). The number of rotatable bonds is 4. The predicted molar refractivity (Wildman–Crippen MR) is 63.3 cm³/mol. The van der Waals surface area contributed by atoms with E-state index >= 15 is 0 Å². The summed E-state index contributed by atoms with van der Waals surface area (Å²) >= 11 is 5.54. The van der Waals surface area contributed by atoms with E-state index in [0.29, 0.717) is 6.26 Å². The number of azo groups is 1. The molecule has 0 unspecified atom stereocenters. The third-order valence-electron chi connectivity index (χ3n) is 1.78. The number of nitrogens with zero attached hydrogens (tertiary/aromatic N) is 2. The standard InChI is InChI=1S/C11H10ClFN2O3/c1-2-18-11(17)10(6-16)15-14-7-3-4-9(13)8(12)5-7/h3-6,16H,2H2,1H3/b10-6+,15-14?. The summed E-state index contributed by atoms with van der Waals surface area (Å²) in [6.45, 7) is 1.76. The van der Waals surface area contributed by atoms with Gasteiger partial charge in [0.2, 0.25) is 5.70 Å². The van der Waals surface area contributed by atoms with Gasteiger partial charge in [-0.25, -0.2) is 9.18 Å². The fourth-order valence-electron chi connectivity index (χ4n) is 0.983. The van der Waals surface area contributed by atoms with E-state index < -0.39 is 11.8 Å². The monoisotopic (exact) mass is 272 g/mol. The molecule has 18 heavy (non-hydrogen) atoms. The molecule has 0 bridgehead atoms. The molecule has 0 aliphatic rings. The molecule has 1 N–H and O–H groups in total. The Bertz CT molecular complexity index is 503. The summed E-state index contributed by atoms with van der Waals surface area (Å²) in [6, 6.07) is 3.68. The number of hydrogen-bond acceptors (Lipinski definition) is 5. The van der Waals surface area contributed by atoms with Gasteiger partial charge in [0.05, 0.1) is 17.3 Å². The van der Waals surface area contributed by atoms with Gasteiger partial charge < -0.3 is 9.84 Å². The quantitative estimate of drug-likeness (QED) is 0.394. The summed E-state index contributed by atoms with van der Waals surface area (Å²) in [7, 11) is 0. The van der Waals surface area contributed by atoms with Gasteiger partial charge in [-0.05, 0) is 25.1 Å². The zero-order valence-electron chi connectivity index (χ0n) is 9.43. The second kappa shape index (κ2) is 6.70. The fourth-order valence-corrected chi connectivity index (χ4v) is 1.16. The largest absolute Gasteiger partial charge is 0.513 e. The van der Waals surface area contributed by atoms with Gasteiger partial charge in [0.25, 0.3) is 0 Å². The Morgan fingerprint density at radius 2 is 2.33 bits per heavy atom. The zero-order chi connectivity index (χ0) is 13.5. The predicted octanol–water partition coefficient (Wildman–Crippen LogP) is 3.53. The fraction of sp³-hybridized carbons (Fsp3) is 0.182. The van der Waals surface area contributed by atoms with Gasteiger partial charge in [-0.15, -0.1) is 5.11 Å². The van der Waals surface area contributed by atoms with E-state index in [9.17, 15) is 9.18 Å². The van der Waals surface area contributed by atoms with Crippen molar-refractivity contribution in [1.82, 2.24) is 0 Å². The lowest BCUT2D eigenvalue weighted by atomic mass is 10.3. The highest BCUT2D eigenvalue weighted by atomic mass is 35.5. The van der Waals surface area contributed by atoms with E-state index in [1.54, 1.807) is 6.92 Å². The van der Waals surface area contributed by atoms with Crippen LogP contribution in [0.2, 0.25) is 5.02 Å². The van der Waals surface area contributed by atoms with Crippen molar-refractivity contribution < 1.29 is 19.0 Å². The van der Waals surface area contributed by atoms with Crippen molar-refractivity contribution in [2.45, 2.75) is 6.92 Å². The molecule has 0 aliphatic carbocycles. The van der Waals surface area contributed by atoms with Crippen LogP contribution in [0.15, 0.2) is 40.4 Å². The summed E-state index contributed by atoms with van der Waals surface area (Å²) in [6.07, 6.45) is 0.479. The van der Waals surface area contributed by atoms with E-state index in [4.69, 9.17) is 16.7 Å². The van der Waals surface area contributed by atoms with Crippen LogP contribution in [-0.4, -0.2) is 17.7 Å². The maximum atomic E-state index is 12.9. The molecule has 0 heterocycles. The average molecular weight is 273 g/mol. The minimum Gasteiger partial charge on any atom is -0.513 e. The summed E-state index contributed by atoms with van der Waals surface area (Å²) < 4.78 is 17.5. The number of aliphatic hydroxyl groups is 1. The number of carbonyl (C=O) groups excluding carboxylic acids is 1. The summed E-state index contributed by atoms with van der Waals surface area (Å²) in [5.74, 6) is -1.39. The highest BCUT2D eigenvalue weighted by molar-refractivity contribution is 6.30. The third kappa shape index (κ3) is 3.81. The van der Waals surface area contributed by atoms with Crippen LogP contribution in [0, 0.1) is 5.82 Å². The SMILES string of the molecule is CCOC(=O)/C(=C\O)N=Nc1ccc(F)c(Cl)c1. The first-order valence-corrected chi connectivity index (χ1v) is 5.34. The first-order valence-electron chi connectivity index (χ1n) is 4.96. The van der Waals surface area contributed by atoms with Crippen molar-refractivity contribution in [3.05, 3.63) is 41.0 Å². The molecular formula is C11H10ClFN2O3. The lowest BCUT2D eigenvalue weighted by Gasteiger charge is -1.99. The second-order valence-electron chi connectivity index (χ2n) is 3.03. The van der Waals surface area contributed by atoms with Crippen LogP contribution in [0.4, 0.5) is 10.1 Å². The van der Waals surface area contributed by atoms with Crippen molar-refractivity contribution >= 4 is 23.3 Å². The molecule has 0 saturated heterocycles. The van der Waals surface area contributed by atoms with E-state index in [1.807, 2.05) is 0 Å². The summed E-state index contributed by atoms with van der Waals surface area (Å²) in [4.78, 5) is 11.2. The Kier molecular flexibility index (Phi) is 5.26. The minimum absolute atomic E-state index is 0.114. The van der Waals surface area contributed by atoms with E-state index in [2.05, 4.69) is 15.0 Å². The first-order chi connectivity index (χ1) is 8.58. The maximum absolute atomic E-state index is 12.9. The third-order valence-corrected chi connectivity index (χ3v) is 2.07. The van der Waals surface area contributed by atoms with Crippen LogP contribution in [-0.2, 0) is 9.53 Å². The van der Waals surface area contributed by atoms with E-state index in [-0.39, 0.29) is 23.0 Å². The lowest BCUT2D eigenvalue weighted by Crippen LogP contribution is -2.05. The Labute approximate surface area is 108 Å². The normalized spacial score (nSPS) is 11.8. The number of esters is 1. The topological polar surface area (TPSA) is 71.2 Å². The number of hydrogen-bond donors (Lipinski definition) is 1. The molecule has 0 fully saturated rings. The van der Waals surface area contributed by atoms with E-state index in [1.165, 1.54) is 12.1 Å². The van der Waals surface area contributed by atoms with Crippen molar-refractivity contribution in [3.8, 4) is 0 Å². The molecule has 0 spiro atoms. The number of carbonyl (C=O) groups is 1. The van der Waals surface area contributed by atoms with E-state index in [0.717, 1.165) is 6.07 Å².